The van der Waals surface area contributed by atoms with Gasteiger partial charge < -0.3 is 9.84 Å². The second kappa shape index (κ2) is 7.06. The molecule has 0 bridgehead atoms. The molecule has 114 valence electrons. The summed E-state index contributed by atoms with van der Waals surface area (Å²) in [5.41, 5.74) is -1.18. The number of aliphatic hydroxyl groups is 1. The van der Waals surface area contributed by atoms with Crippen LogP contribution in [0.3, 0.4) is 0 Å². The highest BCUT2D eigenvalue weighted by atomic mass is 32.2. The summed E-state index contributed by atoms with van der Waals surface area (Å²) in [6, 6.07) is 0. The molecule has 7 nitrogen and oxygen atoms in total. The molecule has 19 heavy (non-hydrogen) atoms. The summed E-state index contributed by atoms with van der Waals surface area (Å²) in [6.07, 6.45) is -1.03. The molecule has 0 radical (unpaired) electrons. The average Bonchev–Trinajstić information content (AvgIpc) is 2.10. The Balaban J connectivity index is 4.35. The fourth-order valence-corrected chi connectivity index (χ4v) is 2.43. The van der Waals surface area contributed by atoms with Gasteiger partial charge in [0, 0.05) is 6.54 Å². The SMILES string of the molecule is CC(C)CC(C)(O)CNS(=O)(=O)NC(=O)OC(C)C. The van der Waals surface area contributed by atoms with Crippen molar-refractivity contribution in [1.82, 2.24) is 9.44 Å². The van der Waals surface area contributed by atoms with Crippen LogP contribution in [-0.2, 0) is 14.9 Å². The number of carbonyl (C=O) groups excluding carboxylic acids is 1. The van der Waals surface area contributed by atoms with Crippen molar-refractivity contribution in [1.29, 1.82) is 0 Å². The van der Waals surface area contributed by atoms with E-state index in [1.165, 1.54) is 6.92 Å². The van der Waals surface area contributed by atoms with E-state index in [0.717, 1.165) is 0 Å². The molecule has 1 amide bonds. The zero-order valence-corrected chi connectivity index (χ0v) is 12.9. The predicted molar refractivity (Wildman–Crippen MR) is 71.8 cm³/mol. The Morgan fingerprint density at radius 1 is 1.32 bits per heavy atom. The second-order valence-electron chi connectivity index (χ2n) is 5.48. The third-order valence-corrected chi connectivity index (χ3v) is 3.01. The lowest BCUT2D eigenvalue weighted by Crippen LogP contribution is -2.47. The Kier molecular flexibility index (Phi) is 6.74. The van der Waals surface area contributed by atoms with Crippen molar-refractivity contribution in [2.45, 2.75) is 52.7 Å². The molecule has 3 N–H and O–H groups in total. The van der Waals surface area contributed by atoms with Crippen LogP contribution in [-0.4, -0.2) is 37.9 Å². The molecule has 0 aromatic heterocycles. The van der Waals surface area contributed by atoms with Crippen molar-refractivity contribution in [2.24, 2.45) is 5.92 Å². The van der Waals surface area contributed by atoms with E-state index in [0.29, 0.717) is 6.42 Å². The number of hydrogen-bond acceptors (Lipinski definition) is 5. The van der Waals surface area contributed by atoms with Gasteiger partial charge in [0.1, 0.15) is 0 Å². The number of carbonyl (C=O) groups is 1. The average molecular weight is 296 g/mol. The van der Waals surface area contributed by atoms with Gasteiger partial charge in [-0.05, 0) is 33.1 Å². The molecule has 0 rings (SSSR count). The minimum absolute atomic E-state index is 0.185. The van der Waals surface area contributed by atoms with E-state index in [1.807, 2.05) is 13.8 Å². The molecule has 0 aromatic rings. The molecule has 0 fully saturated rings. The van der Waals surface area contributed by atoms with Gasteiger partial charge in [0.2, 0.25) is 0 Å². The van der Waals surface area contributed by atoms with Gasteiger partial charge in [0.05, 0.1) is 11.7 Å². The van der Waals surface area contributed by atoms with Crippen LogP contribution in [0.1, 0.15) is 41.0 Å². The molecule has 1 unspecified atom stereocenters. The highest BCUT2D eigenvalue weighted by Gasteiger charge is 2.25. The van der Waals surface area contributed by atoms with Crippen molar-refractivity contribution in [3.63, 3.8) is 0 Å². The maximum atomic E-state index is 11.5. The summed E-state index contributed by atoms with van der Waals surface area (Å²) in [5, 5.41) is 9.96. The maximum Gasteiger partial charge on any atom is 0.422 e. The highest BCUT2D eigenvalue weighted by Crippen LogP contribution is 2.15. The van der Waals surface area contributed by atoms with E-state index in [4.69, 9.17) is 0 Å². The predicted octanol–water partition coefficient (Wildman–Crippen LogP) is 0.753. The molecule has 0 aromatic carbocycles. The monoisotopic (exact) mass is 296 g/mol. The maximum absolute atomic E-state index is 11.5. The molecule has 1 atom stereocenters. The number of rotatable bonds is 7. The lowest BCUT2D eigenvalue weighted by atomic mass is 9.95. The van der Waals surface area contributed by atoms with Crippen molar-refractivity contribution >= 4 is 16.3 Å². The first kappa shape index (κ1) is 18.1. The topological polar surface area (TPSA) is 105 Å². The van der Waals surface area contributed by atoms with Crippen LogP contribution in [0.5, 0.6) is 0 Å². The number of nitrogens with one attached hydrogen (secondary N) is 2. The molecule has 0 aliphatic rings. The summed E-state index contributed by atoms with van der Waals surface area (Å²) in [5.74, 6) is 0.221. The van der Waals surface area contributed by atoms with Gasteiger partial charge in [0.25, 0.3) is 0 Å². The quantitative estimate of drug-likeness (QED) is 0.643. The summed E-state index contributed by atoms with van der Waals surface area (Å²) in [6.45, 7) is 8.39. The van der Waals surface area contributed by atoms with Gasteiger partial charge in [-0.15, -0.1) is 0 Å². The third-order valence-electron chi connectivity index (χ3n) is 2.05. The van der Waals surface area contributed by atoms with Crippen molar-refractivity contribution in [3.05, 3.63) is 0 Å². The van der Waals surface area contributed by atoms with E-state index in [2.05, 4.69) is 9.46 Å². The minimum atomic E-state index is -4.03. The fourth-order valence-electron chi connectivity index (χ4n) is 1.59. The van der Waals surface area contributed by atoms with E-state index in [-0.39, 0.29) is 12.5 Å². The van der Waals surface area contributed by atoms with Gasteiger partial charge in [-0.25, -0.2) is 9.52 Å². The molecule has 0 saturated carbocycles. The van der Waals surface area contributed by atoms with Gasteiger partial charge in [-0.1, -0.05) is 13.8 Å². The first-order valence-electron chi connectivity index (χ1n) is 6.14. The molecule has 0 spiro atoms. The third kappa shape index (κ3) is 9.69. The van der Waals surface area contributed by atoms with Crippen LogP contribution >= 0.6 is 0 Å². The molecule has 0 aliphatic carbocycles. The standard InChI is InChI=1S/C11H24N2O5S/c1-8(2)6-11(5,15)7-12-19(16,17)13-10(14)18-9(3)4/h8-9,12,15H,6-7H2,1-5H3,(H,13,14). The Labute approximate surface area is 114 Å². The normalized spacial score (nSPS) is 15.4. The fraction of sp³-hybridized carbons (Fsp3) is 0.909. The Morgan fingerprint density at radius 3 is 2.26 bits per heavy atom. The van der Waals surface area contributed by atoms with Crippen LogP contribution in [0.15, 0.2) is 0 Å². The Hall–Kier alpha value is -0.860. The van der Waals surface area contributed by atoms with Gasteiger partial charge in [-0.2, -0.15) is 13.1 Å². The Morgan fingerprint density at radius 2 is 1.84 bits per heavy atom. The molecular weight excluding hydrogens is 272 g/mol. The van der Waals surface area contributed by atoms with Crippen LogP contribution < -0.4 is 9.44 Å². The molecule has 8 heteroatoms. The summed E-state index contributed by atoms with van der Waals surface area (Å²) in [7, 11) is -4.03. The summed E-state index contributed by atoms with van der Waals surface area (Å²) in [4.78, 5) is 11.2. The lowest BCUT2D eigenvalue weighted by Gasteiger charge is -2.25. The zero-order valence-electron chi connectivity index (χ0n) is 12.1. The number of hydrogen-bond donors (Lipinski definition) is 3. The van der Waals surface area contributed by atoms with Gasteiger partial charge >= 0.3 is 16.3 Å². The minimum Gasteiger partial charge on any atom is -0.446 e. The number of amides is 1. The van der Waals surface area contributed by atoms with Crippen LogP contribution in [0.4, 0.5) is 4.79 Å². The molecular formula is C11H24N2O5S. The first-order valence-corrected chi connectivity index (χ1v) is 7.62. The van der Waals surface area contributed by atoms with Crippen LogP contribution in [0.25, 0.3) is 0 Å². The zero-order chi connectivity index (χ0) is 15.3. The largest absolute Gasteiger partial charge is 0.446 e. The van der Waals surface area contributed by atoms with Gasteiger partial charge in [-0.3, -0.25) is 0 Å². The Bertz CT molecular complexity index is 390. The van der Waals surface area contributed by atoms with Gasteiger partial charge in [0.15, 0.2) is 0 Å². The molecule has 0 aliphatic heterocycles. The van der Waals surface area contributed by atoms with E-state index >= 15 is 0 Å². The van der Waals surface area contributed by atoms with E-state index < -0.39 is 28.0 Å². The lowest BCUT2D eigenvalue weighted by molar-refractivity contribution is 0.0435. The second-order valence-corrected chi connectivity index (χ2v) is 6.98. The molecule has 0 saturated heterocycles. The van der Waals surface area contributed by atoms with E-state index in [1.54, 1.807) is 18.6 Å². The van der Waals surface area contributed by atoms with Crippen LogP contribution in [0, 0.1) is 5.92 Å². The van der Waals surface area contributed by atoms with Crippen LogP contribution in [0.2, 0.25) is 0 Å². The van der Waals surface area contributed by atoms with Crippen molar-refractivity contribution < 1.29 is 23.1 Å². The van der Waals surface area contributed by atoms with Crippen molar-refractivity contribution in [2.75, 3.05) is 6.54 Å². The molecule has 0 heterocycles. The summed E-state index contributed by atoms with van der Waals surface area (Å²) < 4.78 is 31.5. The first-order chi connectivity index (χ1) is 8.43. The summed E-state index contributed by atoms with van der Waals surface area (Å²) >= 11 is 0. The number of ether oxygens (including phenoxy) is 1. The smallest absolute Gasteiger partial charge is 0.422 e. The highest BCUT2D eigenvalue weighted by molar-refractivity contribution is 7.88. The van der Waals surface area contributed by atoms with E-state index in [9.17, 15) is 18.3 Å². The van der Waals surface area contributed by atoms with Crippen molar-refractivity contribution in [3.8, 4) is 0 Å².